The molecule has 2 heterocycles. The van der Waals surface area contributed by atoms with Gasteiger partial charge in [-0.15, -0.1) is 11.3 Å². The predicted molar refractivity (Wildman–Crippen MR) is 91.8 cm³/mol. The van der Waals surface area contributed by atoms with Crippen molar-refractivity contribution < 1.29 is 0 Å². The van der Waals surface area contributed by atoms with Crippen LogP contribution < -0.4 is 5.32 Å². The number of hydrogen-bond acceptors (Lipinski definition) is 3. The van der Waals surface area contributed by atoms with Crippen molar-refractivity contribution in [3.05, 3.63) is 55.7 Å². The number of nitrogens with one attached hydrogen (secondary N) is 1. The summed E-state index contributed by atoms with van der Waals surface area (Å²) < 4.78 is 0. The maximum atomic E-state index is 6.49. The van der Waals surface area contributed by atoms with E-state index in [0.29, 0.717) is 5.02 Å². The van der Waals surface area contributed by atoms with Gasteiger partial charge in [-0.25, -0.2) is 0 Å². The lowest BCUT2D eigenvalue weighted by Crippen LogP contribution is -2.45. The monoisotopic (exact) mass is 340 g/mol. The van der Waals surface area contributed by atoms with Crippen molar-refractivity contribution in [3.63, 3.8) is 0 Å². The highest BCUT2D eigenvalue weighted by Gasteiger charge is 2.27. The van der Waals surface area contributed by atoms with E-state index in [4.69, 9.17) is 23.2 Å². The van der Waals surface area contributed by atoms with Crippen molar-refractivity contribution in [1.82, 2.24) is 10.2 Å². The average Bonchev–Trinajstić information content (AvgIpc) is 2.89. The van der Waals surface area contributed by atoms with E-state index in [9.17, 15) is 0 Å². The van der Waals surface area contributed by atoms with E-state index in [1.54, 1.807) is 11.3 Å². The summed E-state index contributed by atoms with van der Waals surface area (Å²) in [6.07, 6.45) is 0. The Labute approximate surface area is 139 Å². The van der Waals surface area contributed by atoms with Gasteiger partial charge >= 0.3 is 0 Å². The standard InChI is InChI=1S/C16H18Cl2N2S/c1-11-4-9-21-16(11)15(20-7-5-19-6-8-20)13-3-2-12(17)10-14(13)18/h2-4,9-10,15,19H,5-8H2,1H3. The fraction of sp³-hybridized carbons (Fsp3) is 0.375. The van der Waals surface area contributed by atoms with Gasteiger partial charge in [0.05, 0.1) is 6.04 Å². The zero-order valence-electron chi connectivity index (χ0n) is 11.9. The summed E-state index contributed by atoms with van der Waals surface area (Å²) in [6.45, 7) is 6.27. The Morgan fingerprint density at radius 3 is 2.57 bits per heavy atom. The summed E-state index contributed by atoms with van der Waals surface area (Å²) in [7, 11) is 0. The predicted octanol–water partition coefficient (Wildman–Crippen LogP) is 4.36. The zero-order valence-corrected chi connectivity index (χ0v) is 14.2. The summed E-state index contributed by atoms with van der Waals surface area (Å²) in [5.41, 5.74) is 2.48. The highest BCUT2D eigenvalue weighted by molar-refractivity contribution is 7.10. The molecule has 5 heteroatoms. The molecule has 0 aliphatic carbocycles. The smallest absolute Gasteiger partial charge is 0.0714 e. The van der Waals surface area contributed by atoms with Crippen LogP contribution in [0.15, 0.2) is 29.6 Å². The van der Waals surface area contributed by atoms with Gasteiger partial charge in [-0.2, -0.15) is 0 Å². The first kappa shape index (κ1) is 15.3. The Kier molecular flexibility index (Phi) is 4.87. The van der Waals surface area contributed by atoms with Gasteiger partial charge in [0.1, 0.15) is 0 Å². The first-order valence-electron chi connectivity index (χ1n) is 7.10. The average molecular weight is 341 g/mol. The quantitative estimate of drug-likeness (QED) is 0.892. The molecule has 1 fully saturated rings. The molecule has 1 unspecified atom stereocenters. The molecule has 112 valence electrons. The van der Waals surface area contributed by atoms with E-state index < -0.39 is 0 Å². The van der Waals surface area contributed by atoms with Gasteiger partial charge in [-0.3, -0.25) is 4.90 Å². The lowest BCUT2D eigenvalue weighted by atomic mass is 10.0. The van der Waals surface area contributed by atoms with Crippen LogP contribution in [0.4, 0.5) is 0 Å². The number of thiophene rings is 1. The normalized spacial score (nSPS) is 17.9. The van der Waals surface area contributed by atoms with Gasteiger partial charge in [0, 0.05) is 41.1 Å². The first-order chi connectivity index (χ1) is 10.2. The fourth-order valence-electron chi connectivity index (χ4n) is 2.83. The van der Waals surface area contributed by atoms with Gasteiger partial charge in [0.2, 0.25) is 0 Å². The molecular weight excluding hydrogens is 323 g/mol. The van der Waals surface area contributed by atoms with E-state index in [1.165, 1.54) is 10.4 Å². The van der Waals surface area contributed by atoms with Crippen molar-refractivity contribution in [2.45, 2.75) is 13.0 Å². The summed E-state index contributed by atoms with van der Waals surface area (Å²) in [5.74, 6) is 0. The molecule has 1 aromatic heterocycles. The molecule has 1 aliphatic rings. The van der Waals surface area contributed by atoms with E-state index in [1.807, 2.05) is 12.1 Å². The largest absolute Gasteiger partial charge is 0.314 e. The van der Waals surface area contributed by atoms with E-state index in [0.717, 1.165) is 36.8 Å². The Hall–Kier alpha value is -0.580. The van der Waals surface area contributed by atoms with Crippen LogP contribution in [0, 0.1) is 6.92 Å². The van der Waals surface area contributed by atoms with Gasteiger partial charge in [0.15, 0.2) is 0 Å². The number of piperazine rings is 1. The minimum absolute atomic E-state index is 0.219. The Balaban J connectivity index is 2.05. The minimum atomic E-state index is 0.219. The third-order valence-corrected chi connectivity index (χ3v) is 5.56. The Bertz CT molecular complexity index is 620. The second-order valence-corrected chi connectivity index (χ2v) is 7.11. The number of halogens is 2. The third kappa shape index (κ3) is 3.27. The van der Waals surface area contributed by atoms with Crippen molar-refractivity contribution in [1.29, 1.82) is 0 Å². The molecule has 21 heavy (non-hydrogen) atoms. The van der Waals surface area contributed by atoms with Gasteiger partial charge in [0.25, 0.3) is 0 Å². The van der Waals surface area contributed by atoms with Crippen molar-refractivity contribution >= 4 is 34.5 Å². The fourth-order valence-corrected chi connectivity index (χ4v) is 4.42. The summed E-state index contributed by atoms with van der Waals surface area (Å²) in [4.78, 5) is 3.88. The van der Waals surface area contributed by atoms with E-state index >= 15 is 0 Å². The van der Waals surface area contributed by atoms with Crippen LogP contribution in [-0.2, 0) is 0 Å². The molecule has 1 aliphatic heterocycles. The molecule has 0 bridgehead atoms. The molecular formula is C16H18Cl2N2S. The molecule has 1 saturated heterocycles. The first-order valence-corrected chi connectivity index (χ1v) is 8.74. The van der Waals surface area contributed by atoms with Gasteiger partial charge < -0.3 is 5.32 Å². The van der Waals surface area contributed by atoms with Gasteiger partial charge in [-0.05, 0) is 41.6 Å². The summed E-state index contributed by atoms with van der Waals surface area (Å²) >= 11 is 14.4. The Morgan fingerprint density at radius 1 is 1.19 bits per heavy atom. The SMILES string of the molecule is Cc1ccsc1C(c1ccc(Cl)cc1Cl)N1CCNCC1. The maximum absolute atomic E-state index is 6.49. The number of aryl methyl sites for hydroxylation is 1. The number of nitrogens with zero attached hydrogens (tertiary/aromatic N) is 1. The molecule has 0 amide bonds. The molecule has 1 atom stereocenters. The zero-order chi connectivity index (χ0) is 14.8. The van der Waals surface area contributed by atoms with E-state index in [2.05, 4.69) is 34.7 Å². The molecule has 0 spiro atoms. The topological polar surface area (TPSA) is 15.3 Å². The summed E-state index contributed by atoms with van der Waals surface area (Å²) in [6, 6.07) is 8.24. The van der Waals surface area contributed by atoms with Crippen LogP contribution in [0.1, 0.15) is 22.0 Å². The van der Waals surface area contributed by atoms with Crippen molar-refractivity contribution in [2.24, 2.45) is 0 Å². The minimum Gasteiger partial charge on any atom is -0.314 e. The molecule has 0 saturated carbocycles. The van der Waals surface area contributed by atoms with Crippen LogP contribution in [0.25, 0.3) is 0 Å². The van der Waals surface area contributed by atoms with Crippen LogP contribution in [0.3, 0.4) is 0 Å². The van der Waals surface area contributed by atoms with E-state index in [-0.39, 0.29) is 6.04 Å². The molecule has 3 rings (SSSR count). The van der Waals surface area contributed by atoms with Crippen molar-refractivity contribution in [2.75, 3.05) is 26.2 Å². The summed E-state index contributed by atoms with van der Waals surface area (Å²) in [5, 5.41) is 7.00. The number of hydrogen-bond donors (Lipinski definition) is 1. The van der Waals surface area contributed by atoms with Crippen molar-refractivity contribution in [3.8, 4) is 0 Å². The molecule has 2 nitrogen and oxygen atoms in total. The lowest BCUT2D eigenvalue weighted by molar-refractivity contribution is 0.200. The molecule has 1 aromatic carbocycles. The second kappa shape index (κ2) is 6.67. The van der Waals surface area contributed by atoms with Crippen LogP contribution in [0.5, 0.6) is 0 Å². The van der Waals surface area contributed by atoms with Crippen LogP contribution >= 0.6 is 34.5 Å². The van der Waals surface area contributed by atoms with Crippen LogP contribution in [0.2, 0.25) is 10.0 Å². The number of benzene rings is 1. The van der Waals surface area contributed by atoms with Gasteiger partial charge in [-0.1, -0.05) is 29.3 Å². The number of rotatable bonds is 3. The molecule has 1 N–H and O–H groups in total. The second-order valence-electron chi connectivity index (χ2n) is 5.32. The maximum Gasteiger partial charge on any atom is 0.0714 e. The van der Waals surface area contributed by atoms with Crippen LogP contribution in [-0.4, -0.2) is 31.1 Å². The highest BCUT2D eigenvalue weighted by atomic mass is 35.5. The lowest BCUT2D eigenvalue weighted by Gasteiger charge is -2.35. The third-order valence-electron chi connectivity index (χ3n) is 3.92. The Morgan fingerprint density at radius 2 is 1.95 bits per heavy atom. The molecule has 0 radical (unpaired) electrons. The highest BCUT2D eigenvalue weighted by Crippen LogP contribution is 2.38. The molecule has 2 aromatic rings.